The van der Waals surface area contributed by atoms with Crippen LogP contribution in [0.1, 0.15) is 6.92 Å². The van der Waals surface area contributed by atoms with E-state index >= 15 is 0 Å². The first kappa shape index (κ1) is 6.81. The fraction of sp³-hybridized carbons (Fsp3) is 0.125. The highest BCUT2D eigenvalue weighted by atomic mass is 14.9. The third-order valence-electron chi connectivity index (χ3n) is 1.11. The summed E-state index contributed by atoms with van der Waals surface area (Å²) in [4.78, 5) is 0. The average Bonchev–Trinajstić information content (AvgIpc) is 1.88. The van der Waals surface area contributed by atoms with Gasteiger partial charge in [-0.2, -0.15) is 0 Å². The van der Waals surface area contributed by atoms with Crippen molar-refractivity contribution in [2.75, 3.05) is 5.32 Å². The molecular formula is C8H10N2. The minimum atomic E-state index is 0.464. The standard InChI is InChI=1S/C8H10N2/c1-7(9)10-8-5-3-2-4-6-8/h2-6H,1H3,(H2,9,10). The highest BCUT2D eigenvalue weighted by molar-refractivity contribution is 5.90. The molecule has 0 radical (unpaired) electrons. The molecule has 52 valence electrons. The molecule has 0 aromatic heterocycles. The van der Waals surface area contributed by atoms with Gasteiger partial charge in [0.05, 0.1) is 5.84 Å². The van der Waals surface area contributed by atoms with Crippen molar-refractivity contribution in [1.29, 1.82) is 5.41 Å². The van der Waals surface area contributed by atoms with Crippen molar-refractivity contribution in [3.05, 3.63) is 30.3 Å². The number of hydrogen-bond donors (Lipinski definition) is 2. The third kappa shape index (κ3) is 1.90. The van der Waals surface area contributed by atoms with E-state index in [1.165, 1.54) is 0 Å². The predicted octanol–water partition coefficient (Wildman–Crippen LogP) is 2.10. The normalized spacial score (nSPS) is 8.90. The lowest BCUT2D eigenvalue weighted by Crippen LogP contribution is -2.03. The van der Waals surface area contributed by atoms with Crippen molar-refractivity contribution in [1.82, 2.24) is 0 Å². The van der Waals surface area contributed by atoms with Gasteiger partial charge in [0.25, 0.3) is 0 Å². The maximum atomic E-state index is 7.12. The molecule has 0 unspecified atom stereocenters. The van der Waals surface area contributed by atoms with Gasteiger partial charge in [0, 0.05) is 5.69 Å². The van der Waals surface area contributed by atoms with Gasteiger partial charge < -0.3 is 5.32 Å². The minimum Gasteiger partial charge on any atom is -0.344 e. The Labute approximate surface area is 60.4 Å². The molecule has 2 heteroatoms. The molecule has 1 aromatic rings. The van der Waals surface area contributed by atoms with Crippen LogP contribution in [0.25, 0.3) is 0 Å². The molecule has 0 saturated carbocycles. The predicted molar refractivity (Wildman–Crippen MR) is 43.5 cm³/mol. The Hall–Kier alpha value is -1.31. The van der Waals surface area contributed by atoms with Crippen LogP contribution in [0.2, 0.25) is 0 Å². The van der Waals surface area contributed by atoms with Crippen molar-refractivity contribution in [3.63, 3.8) is 0 Å². The first-order valence-corrected chi connectivity index (χ1v) is 3.16. The maximum absolute atomic E-state index is 7.12. The molecule has 2 N–H and O–H groups in total. The highest BCUT2D eigenvalue weighted by Gasteiger charge is 1.86. The lowest BCUT2D eigenvalue weighted by molar-refractivity contribution is 1.44. The number of anilines is 1. The zero-order valence-electron chi connectivity index (χ0n) is 5.89. The summed E-state index contributed by atoms with van der Waals surface area (Å²) in [5.41, 5.74) is 0.968. The van der Waals surface area contributed by atoms with Gasteiger partial charge in [-0.3, -0.25) is 5.41 Å². The van der Waals surface area contributed by atoms with E-state index in [9.17, 15) is 0 Å². The van der Waals surface area contributed by atoms with Crippen LogP contribution in [0.15, 0.2) is 30.3 Å². The van der Waals surface area contributed by atoms with Crippen molar-refractivity contribution in [2.45, 2.75) is 6.92 Å². The molecular weight excluding hydrogens is 124 g/mol. The molecule has 0 aliphatic rings. The first-order chi connectivity index (χ1) is 4.79. The van der Waals surface area contributed by atoms with Crippen molar-refractivity contribution in [3.8, 4) is 0 Å². The van der Waals surface area contributed by atoms with Crippen molar-refractivity contribution in [2.24, 2.45) is 0 Å². The van der Waals surface area contributed by atoms with Crippen molar-refractivity contribution >= 4 is 11.5 Å². The SMILES string of the molecule is CC(=N)Nc1ccccc1. The van der Waals surface area contributed by atoms with Gasteiger partial charge in [0.15, 0.2) is 0 Å². The van der Waals surface area contributed by atoms with Gasteiger partial charge in [-0.05, 0) is 19.1 Å². The number of para-hydroxylation sites is 1. The lowest BCUT2D eigenvalue weighted by atomic mass is 10.3. The fourth-order valence-corrected chi connectivity index (χ4v) is 0.738. The lowest BCUT2D eigenvalue weighted by Gasteiger charge is -2.00. The van der Waals surface area contributed by atoms with Crippen LogP contribution in [0.3, 0.4) is 0 Å². The molecule has 0 atom stereocenters. The Bertz CT molecular complexity index is 216. The van der Waals surface area contributed by atoms with E-state index in [1.807, 2.05) is 30.3 Å². The number of rotatable bonds is 1. The van der Waals surface area contributed by atoms with E-state index in [-0.39, 0.29) is 0 Å². The van der Waals surface area contributed by atoms with Crippen LogP contribution >= 0.6 is 0 Å². The van der Waals surface area contributed by atoms with E-state index < -0.39 is 0 Å². The molecule has 0 spiro atoms. The van der Waals surface area contributed by atoms with Crippen LogP contribution in [-0.2, 0) is 0 Å². The molecule has 1 aromatic carbocycles. The molecule has 0 aliphatic heterocycles. The zero-order valence-corrected chi connectivity index (χ0v) is 5.89. The minimum absolute atomic E-state index is 0.464. The van der Waals surface area contributed by atoms with E-state index in [4.69, 9.17) is 5.41 Å². The molecule has 0 bridgehead atoms. The molecule has 0 amide bonds. The summed E-state index contributed by atoms with van der Waals surface area (Å²) in [6, 6.07) is 9.68. The molecule has 0 aliphatic carbocycles. The van der Waals surface area contributed by atoms with Crippen LogP contribution in [0.5, 0.6) is 0 Å². The Morgan fingerprint density at radius 2 is 1.90 bits per heavy atom. The summed E-state index contributed by atoms with van der Waals surface area (Å²) in [6.07, 6.45) is 0. The second-order valence-corrected chi connectivity index (χ2v) is 2.12. The van der Waals surface area contributed by atoms with E-state index in [1.54, 1.807) is 6.92 Å². The maximum Gasteiger partial charge on any atom is 0.0944 e. The fourth-order valence-electron chi connectivity index (χ4n) is 0.738. The monoisotopic (exact) mass is 134 g/mol. The Morgan fingerprint density at radius 3 is 2.40 bits per heavy atom. The summed E-state index contributed by atoms with van der Waals surface area (Å²) in [5, 5.41) is 10.0. The van der Waals surface area contributed by atoms with Gasteiger partial charge in [-0.25, -0.2) is 0 Å². The Morgan fingerprint density at radius 1 is 1.30 bits per heavy atom. The summed E-state index contributed by atoms with van der Waals surface area (Å²) in [5.74, 6) is 0.464. The molecule has 10 heavy (non-hydrogen) atoms. The summed E-state index contributed by atoms with van der Waals surface area (Å²) in [7, 11) is 0. The van der Waals surface area contributed by atoms with E-state index in [0.29, 0.717) is 5.84 Å². The second-order valence-electron chi connectivity index (χ2n) is 2.12. The van der Waals surface area contributed by atoms with Gasteiger partial charge in [-0.15, -0.1) is 0 Å². The largest absolute Gasteiger partial charge is 0.344 e. The van der Waals surface area contributed by atoms with Crippen LogP contribution in [0, 0.1) is 5.41 Å². The van der Waals surface area contributed by atoms with E-state index in [0.717, 1.165) is 5.69 Å². The molecule has 1 rings (SSSR count). The molecule has 2 nitrogen and oxygen atoms in total. The first-order valence-electron chi connectivity index (χ1n) is 3.16. The molecule has 0 heterocycles. The van der Waals surface area contributed by atoms with Gasteiger partial charge in [0.2, 0.25) is 0 Å². The van der Waals surface area contributed by atoms with Gasteiger partial charge >= 0.3 is 0 Å². The van der Waals surface area contributed by atoms with E-state index in [2.05, 4.69) is 5.32 Å². The summed E-state index contributed by atoms with van der Waals surface area (Å²) >= 11 is 0. The van der Waals surface area contributed by atoms with Crippen molar-refractivity contribution < 1.29 is 0 Å². The van der Waals surface area contributed by atoms with Gasteiger partial charge in [0.1, 0.15) is 0 Å². The number of benzene rings is 1. The Kier molecular flexibility index (Phi) is 2.05. The smallest absolute Gasteiger partial charge is 0.0944 e. The number of nitrogens with one attached hydrogen (secondary N) is 2. The zero-order chi connectivity index (χ0) is 7.40. The molecule has 0 saturated heterocycles. The quantitative estimate of drug-likeness (QED) is 0.447. The van der Waals surface area contributed by atoms with Gasteiger partial charge in [-0.1, -0.05) is 18.2 Å². The van der Waals surface area contributed by atoms with Crippen LogP contribution in [-0.4, -0.2) is 5.84 Å². The summed E-state index contributed by atoms with van der Waals surface area (Å²) < 4.78 is 0. The topological polar surface area (TPSA) is 35.9 Å². The highest BCUT2D eigenvalue weighted by Crippen LogP contribution is 2.03. The van der Waals surface area contributed by atoms with Crippen LogP contribution in [0.4, 0.5) is 5.69 Å². The summed E-state index contributed by atoms with van der Waals surface area (Å²) in [6.45, 7) is 1.72. The average molecular weight is 134 g/mol. The Balaban J connectivity index is 2.67. The number of hydrogen-bond acceptors (Lipinski definition) is 1. The molecule has 0 fully saturated rings. The number of amidine groups is 1. The van der Waals surface area contributed by atoms with Crippen LogP contribution < -0.4 is 5.32 Å². The second kappa shape index (κ2) is 3.01. The third-order valence-corrected chi connectivity index (χ3v) is 1.11.